The first-order valence-electron chi connectivity index (χ1n) is 9.73. The number of rotatable bonds is 6. The predicted octanol–water partition coefficient (Wildman–Crippen LogP) is 3.66. The van der Waals surface area contributed by atoms with Crippen LogP contribution < -0.4 is 25.1 Å². The van der Waals surface area contributed by atoms with Crippen LogP contribution in [-0.2, 0) is 0 Å². The van der Waals surface area contributed by atoms with E-state index in [0.29, 0.717) is 45.1 Å². The van der Waals surface area contributed by atoms with E-state index in [-0.39, 0.29) is 11.5 Å². The Bertz CT molecular complexity index is 1350. The van der Waals surface area contributed by atoms with Gasteiger partial charge < -0.3 is 19.5 Å². The topological polar surface area (TPSA) is 91.7 Å². The summed E-state index contributed by atoms with van der Waals surface area (Å²) in [5.74, 6) is 1.47. The molecule has 0 saturated heterocycles. The van der Waals surface area contributed by atoms with Crippen molar-refractivity contribution in [2.75, 3.05) is 26.6 Å². The van der Waals surface area contributed by atoms with Crippen molar-refractivity contribution in [1.29, 1.82) is 0 Å². The third-order valence-electron chi connectivity index (χ3n) is 5.01. The lowest BCUT2D eigenvalue weighted by atomic mass is 10.1. The van der Waals surface area contributed by atoms with Gasteiger partial charge >= 0.3 is 0 Å². The molecule has 0 aliphatic rings. The Morgan fingerprint density at radius 2 is 1.59 bits per heavy atom. The lowest BCUT2D eigenvalue weighted by Gasteiger charge is -2.13. The molecule has 0 fully saturated rings. The van der Waals surface area contributed by atoms with Crippen molar-refractivity contribution >= 4 is 22.5 Å². The number of nitrogens with one attached hydrogen (secondary N) is 1. The van der Waals surface area contributed by atoms with Crippen LogP contribution >= 0.6 is 0 Å². The summed E-state index contributed by atoms with van der Waals surface area (Å²) in [5.41, 5.74) is 1.65. The number of ether oxygens (including phenoxy) is 3. The second kappa shape index (κ2) is 8.81. The van der Waals surface area contributed by atoms with Gasteiger partial charge in [-0.3, -0.25) is 14.2 Å². The van der Waals surface area contributed by atoms with E-state index < -0.39 is 0 Å². The number of fused-ring (bicyclic) bond motifs is 1. The van der Waals surface area contributed by atoms with Crippen LogP contribution in [0.15, 0.2) is 71.8 Å². The molecular weight excluding hydrogens is 410 g/mol. The zero-order chi connectivity index (χ0) is 22.7. The van der Waals surface area contributed by atoms with E-state index in [1.165, 1.54) is 18.0 Å². The normalized spacial score (nSPS) is 10.6. The standard InChI is InChI=1S/C24H21N3O5/c1-30-17-7-5-16(6-8-17)26-23(28)15-4-10-19-20(12-15)25-14-27(24(19)29)21-13-18(31-2)9-11-22(21)32-3/h4-14H,1-3H3,(H,26,28). The maximum Gasteiger partial charge on any atom is 0.265 e. The fraction of sp³-hybridized carbons (Fsp3) is 0.125. The van der Waals surface area contributed by atoms with Gasteiger partial charge in [-0.25, -0.2) is 4.98 Å². The van der Waals surface area contributed by atoms with Gasteiger partial charge in [-0.15, -0.1) is 0 Å². The molecular formula is C24H21N3O5. The number of benzene rings is 3. The largest absolute Gasteiger partial charge is 0.497 e. The lowest BCUT2D eigenvalue weighted by Crippen LogP contribution is -2.20. The molecule has 0 saturated carbocycles. The molecule has 8 heteroatoms. The van der Waals surface area contributed by atoms with E-state index in [9.17, 15) is 9.59 Å². The average Bonchev–Trinajstić information content (AvgIpc) is 2.84. The minimum absolute atomic E-state index is 0.288. The number of carbonyl (C=O) groups is 1. The fourth-order valence-electron chi connectivity index (χ4n) is 3.30. The Kier molecular flexibility index (Phi) is 5.76. The number of hydrogen-bond acceptors (Lipinski definition) is 6. The monoisotopic (exact) mass is 431 g/mol. The molecule has 4 rings (SSSR count). The summed E-state index contributed by atoms with van der Waals surface area (Å²) in [6.07, 6.45) is 1.41. The molecule has 1 amide bonds. The molecule has 1 heterocycles. The molecule has 4 aromatic rings. The first-order valence-corrected chi connectivity index (χ1v) is 9.73. The molecule has 0 aliphatic carbocycles. The van der Waals surface area contributed by atoms with Gasteiger partial charge in [0.25, 0.3) is 11.5 Å². The van der Waals surface area contributed by atoms with Gasteiger partial charge in [0.1, 0.15) is 23.6 Å². The van der Waals surface area contributed by atoms with E-state index in [4.69, 9.17) is 14.2 Å². The van der Waals surface area contributed by atoms with E-state index in [0.717, 1.165) is 0 Å². The second-order valence-corrected chi connectivity index (χ2v) is 6.87. The Balaban J connectivity index is 1.68. The van der Waals surface area contributed by atoms with Crippen molar-refractivity contribution in [2.45, 2.75) is 0 Å². The average molecular weight is 431 g/mol. The highest BCUT2D eigenvalue weighted by Gasteiger charge is 2.14. The van der Waals surface area contributed by atoms with Gasteiger partial charge in [0.05, 0.1) is 37.9 Å². The van der Waals surface area contributed by atoms with Crippen LogP contribution in [0.5, 0.6) is 17.2 Å². The molecule has 0 radical (unpaired) electrons. The third kappa shape index (κ3) is 3.98. The highest BCUT2D eigenvalue weighted by Crippen LogP contribution is 2.27. The molecule has 0 spiro atoms. The molecule has 0 bridgehead atoms. The predicted molar refractivity (Wildman–Crippen MR) is 121 cm³/mol. The first-order chi connectivity index (χ1) is 15.5. The maximum absolute atomic E-state index is 13.1. The molecule has 8 nitrogen and oxygen atoms in total. The minimum Gasteiger partial charge on any atom is -0.497 e. The number of anilines is 1. The first kappa shape index (κ1) is 20.9. The summed E-state index contributed by atoms with van der Waals surface area (Å²) in [7, 11) is 4.65. The molecule has 3 aromatic carbocycles. The van der Waals surface area contributed by atoms with Gasteiger partial charge in [-0.05, 0) is 54.6 Å². The van der Waals surface area contributed by atoms with Gasteiger partial charge in [-0.2, -0.15) is 0 Å². The van der Waals surface area contributed by atoms with Crippen molar-refractivity contribution in [3.8, 4) is 22.9 Å². The Morgan fingerprint density at radius 1 is 0.875 bits per heavy atom. The van der Waals surface area contributed by atoms with Gasteiger partial charge in [-0.1, -0.05) is 0 Å². The fourth-order valence-corrected chi connectivity index (χ4v) is 3.30. The summed E-state index contributed by atoms with van der Waals surface area (Å²) < 4.78 is 17.2. The quantitative estimate of drug-likeness (QED) is 0.501. The van der Waals surface area contributed by atoms with E-state index in [2.05, 4.69) is 10.3 Å². The van der Waals surface area contributed by atoms with Crippen LogP contribution in [0.1, 0.15) is 10.4 Å². The maximum atomic E-state index is 13.1. The van der Waals surface area contributed by atoms with Crippen LogP contribution in [0, 0.1) is 0 Å². The van der Waals surface area contributed by atoms with Crippen molar-refractivity contribution in [2.24, 2.45) is 0 Å². The second-order valence-electron chi connectivity index (χ2n) is 6.87. The smallest absolute Gasteiger partial charge is 0.265 e. The Labute approximate surface area is 184 Å². The third-order valence-corrected chi connectivity index (χ3v) is 5.01. The van der Waals surface area contributed by atoms with Crippen molar-refractivity contribution < 1.29 is 19.0 Å². The van der Waals surface area contributed by atoms with E-state index >= 15 is 0 Å². The molecule has 1 N–H and O–H groups in total. The highest BCUT2D eigenvalue weighted by molar-refractivity contribution is 6.06. The summed E-state index contributed by atoms with van der Waals surface area (Å²) in [6, 6.07) is 16.9. The van der Waals surface area contributed by atoms with Gasteiger partial charge in [0.15, 0.2) is 0 Å². The van der Waals surface area contributed by atoms with Crippen molar-refractivity contribution in [3.05, 3.63) is 82.9 Å². The summed E-state index contributed by atoms with van der Waals surface area (Å²) in [5, 5.41) is 3.19. The molecule has 0 aliphatic heterocycles. The molecule has 162 valence electrons. The summed E-state index contributed by atoms with van der Waals surface area (Å²) in [6.45, 7) is 0. The van der Waals surface area contributed by atoms with Crippen LogP contribution in [0.2, 0.25) is 0 Å². The SMILES string of the molecule is COc1ccc(NC(=O)c2ccc3c(=O)n(-c4cc(OC)ccc4OC)cnc3c2)cc1. The van der Waals surface area contributed by atoms with E-state index in [1.54, 1.807) is 74.9 Å². The van der Waals surface area contributed by atoms with Gasteiger partial charge in [0, 0.05) is 17.3 Å². The van der Waals surface area contributed by atoms with Crippen molar-refractivity contribution in [3.63, 3.8) is 0 Å². The van der Waals surface area contributed by atoms with Crippen LogP contribution in [0.3, 0.4) is 0 Å². The molecule has 1 aromatic heterocycles. The lowest BCUT2D eigenvalue weighted by molar-refractivity contribution is 0.102. The number of amides is 1. The van der Waals surface area contributed by atoms with Crippen LogP contribution in [0.4, 0.5) is 5.69 Å². The molecule has 0 unspecified atom stereocenters. The highest BCUT2D eigenvalue weighted by atomic mass is 16.5. The number of hydrogen-bond donors (Lipinski definition) is 1. The minimum atomic E-state index is -0.308. The molecule has 32 heavy (non-hydrogen) atoms. The zero-order valence-corrected chi connectivity index (χ0v) is 17.8. The van der Waals surface area contributed by atoms with Gasteiger partial charge in [0.2, 0.25) is 0 Å². The summed E-state index contributed by atoms with van der Waals surface area (Å²) in [4.78, 5) is 30.2. The van der Waals surface area contributed by atoms with Crippen LogP contribution in [-0.4, -0.2) is 36.8 Å². The Hall–Kier alpha value is -4.33. The summed E-state index contributed by atoms with van der Waals surface area (Å²) >= 11 is 0. The number of carbonyl (C=O) groups excluding carboxylic acids is 1. The van der Waals surface area contributed by atoms with Crippen LogP contribution in [0.25, 0.3) is 16.6 Å². The van der Waals surface area contributed by atoms with Crippen molar-refractivity contribution in [1.82, 2.24) is 9.55 Å². The zero-order valence-electron chi connectivity index (χ0n) is 17.8. The Morgan fingerprint density at radius 3 is 2.28 bits per heavy atom. The number of aromatic nitrogens is 2. The number of methoxy groups -OCH3 is 3. The van der Waals surface area contributed by atoms with E-state index in [1.807, 2.05) is 0 Å². The number of nitrogens with zero attached hydrogens (tertiary/aromatic N) is 2. The molecule has 0 atom stereocenters.